The van der Waals surface area contributed by atoms with E-state index in [9.17, 15) is 9.59 Å². The maximum atomic E-state index is 12.1. The molecule has 0 spiro atoms. The maximum Gasteiger partial charge on any atom is 0.262 e. The molecule has 4 nitrogen and oxygen atoms in total. The van der Waals surface area contributed by atoms with Gasteiger partial charge in [0, 0.05) is 10.4 Å². The number of fused-ring (bicyclic) bond motifs is 1. The van der Waals surface area contributed by atoms with E-state index in [1.165, 1.54) is 6.08 Å². The van der Waals surface area contributed by atoms with Gasteiger partial charge in [-0.3, -0.25) is 9.59 Å². The summed E-state index contributed by atoms with van der Waals surface area (Å²) in [4.78, 5) is 24.3. The number of thiophene rings is 1. The zero-order valence-electron chi connectivity index (χ0n) is 10.5. The molecule has 0 saturated heterocycles. The molecule has 0 radical (unpaired) electrons. The van der Waals surface area contributed by atoms with Crippen molar-refractivity contribution in [3.8, 4) is 5.75 Å². The average Bonchev–Trinajstić information content (AvgIpc) is 2.97. The van der Waals surface area contributed by atoms with Gasteiger partial charge in [-0.1, -0.05) is 6.07 Å². The van der Waals surface area contributed by atoms with Gasteiger partial charge in [-0.2, -0.15) is 0 Å². The molecular formula is C15H11NO3S. The molecule has 0 aliphatic carbocycles. The van der Waals surface area contributed by atoms with Gasteiger partial charge in [0.25, 0.3) is 5.91 Å². The number of carbonyl (C=O) groups is 2. The highest BCUT2D eigenvalue weighted by Gasteiger charge is 2.17. The molecule has 3 rings (SSSR count). The maximum absolute atomic E-state index is 12.1. The summed E-state index contributed by atoms with van der Waals surface area (Å²) in [6.07, 6.45) is 3.31. The second-order valence-corrected chi connectivity index (χ2v) is 5.24. The van der Waals surface area contributed by atoms with E-state index in [1.807, 2.05) is 17.5 Å². The Morgan fingerprint density at radius 3 is 3.05 bits per heavy atom. The topological polar surface area (TPSA) is 55.4 Å². The number of ketones is 1. The molecule has 20 heavy (non-hydrogen) atoms. The Kier molecular flexibility index (Phi) is 3.35. The third-order valence-corrected chi connectivity index (χ3v) is 3.68. The molecule has 0 bridgehead atoms. The molecule has 1 amide bonds. The first-order valence-electron chi connectivity index (χ1n) is 6.05. The number of carbonyl (C=O) groups excluding carboxylic acids is 2. The van der Waals surface area contributed by atoms with E-state index in [-0.39, 0.29) is 18.3 Å². The molecule has 100 valence electrons. The molecule has 0 atom stereocenters. The summed E-state index contributed by atoms with van der Waals surface area (Å²) in [7, 11) is 0. The first kappa shape index (κ1) is 12.6. The lowest BCUT2D eigenvalue weighted by Gasteiger charge is -2.17. The summed E-state index contributed by atoms with van der Waals surface area (Å²) in [6, 6.07) is 8.89. The van der Waals surface area contributed by atoms with E-state index in [1.54, 1.807) is 35.6 Å². The molecule has 1 aromatic carbocycles. The lowest BCUT2D eigenvalue weighted by molar-refractivity contribution is -0.118. The fourth-order valence-electron chi connectivity index (χ4n) is 1.88. The number of nitrogens with one attached hydrogen (secondary N) is 1. The van der Waals surface area contributed by atoms with E-state index in [0.717, 1.165) is 4.88 Å². The summed E-state index contributed by atoms with van der Waals surface area (Å²) in [6.45, 7) is 0.0125. The Hall–Kier alpha value is -2.40. The van der Waals surface area contributed by atoms with Crippen LogP contribution in [0.4, 0.5) is 5.69 Å². The number of allylic oxidation sites excluding steroid dienone is 1. The number of amides is 1. The third-order valence-electron chi connectivity index (χ3n) is 2.84. The van der Waals surface area contributed by atoms with Crippen LogP contribution >= 0.6 is 11.3 Å². The SMILES string of the molecule is O=C1COc2ccc(C(=O)C=Cc3cccs3)cc2N1. The Morgan fingerprint density at radius 1 is 1.35 bits per heavy atom. The predicted molar refractivity (Wildman–Crippen MR) is 78.3 cm³/mol. The molecule has 2 aromatic rings. The molecule has 5 heteroatoms. The van der Waals surface area contributed by atoms with Gasteiger partial charge < -0.3 is 10.1 Å². The second-order valence-electron chi connectivity index (χ2n) is 4.26. The summed E-state index contributed by atoms with van der Waals surface area (Å²) >= 11 is 1.57. The first-order chi connectivity index (χ1) is 9.72. The Balaban J connectivity index is 1.82. The van der Waals surface area contributed by atoms with Crippen LogP contribution in [0.2, 0.25) is 0 Å². The van der Waals surface area contributed by atoms with Gasteiger partial charge in [0.1, 0.15) is 5.75 Å². The predicted octanol–water partition coefficient (Wildman–Crippen LogP) is 2.98. The summed E-state index contributed by atoms with van der Waals surface area (Å²) in [5.74, 6) is 0.264. The third kappa shape index (κ3) is 2.62. The van der Waals surface area contributed by atoms with Crippen LogP contribution in [0.15, 0.2) is 41.8 Å². The van der Waals surface area contributed by atoms with Crippen molar-refractivity contribution in [1.29, 1.82) is 0 Å². The van der Waals surface area contributed by atoms with Crippen molar-refractivity contribution < 1.29 is 14.3 Å². The van der Waals surface area contributed by atoms with Gasteiger partial charge in [-0.15, -0.1) is 11.3 Å². The molecule has 1 aromatic heterocycles. The van der Waals surface area contributed by atoms with Gasteiger partial charge in [-0.25, -0.2) is 0 Å². The van der Waals surface area contributed by atoms with Gasteiger partial charge >= 0.3 is 0 Å². The van der Waals surface area contributed by atoms with Crippen LogP contribution in [0, 0.1) is 0 Å². The summed E-state index contributed by atoms with van der Waals surface area (Å²) in [5.41, 5.74) is 1.05. The zero-order valence-corrected chi connectivity index (χ0v) is 11.3. The number of benzene rings is 1. The fourth-order valence-corrected chi connectivity index (χ4v) is 2.49. The fraction of sp³-hybridized carbons (Fsp3) is 0.0667. The summed E-state index contributed by atoms with van der Waals surface area (Å²) < 4.78 is 5.25. The van der Waals surface area contributed by atoms with Gasteiger partial charge in [0.05, 0.1) is 5.69 Å². The number of rotatable bonds is 3. The van der Waals surface area contributed by atoms with Crippen LogP contribution in [0.25, 0.3) is 6.08 Å². The van der Waals surface area contributed by atoms with E-state index in [4.69, 9.17) is 4.74 Å². The molecule has 2 heterocycles. The van der Waals surface area contributed by atoms with Crippen LogP contribution in [-0.4, -0.2) is 18.3 Å². The van der Waals surface area contributed by atoms with Gasteiger partial charge in [0.15, 0.2) is 12.4 Å². The van der Waals surface area contributed by atoms with Crippen LogP contribution in [0.1, 0.15) is 15.2 Å². The Bertz CT molecular complexity index is 689. The largest absolute Gasteiger partial charge is 0.482 e. The van der Waals surface area contributed by atoms with E-state index < -0.39 is 0 Å². The van der Waals surface area contributed by atoms with E-state index in [2.05, 4.69) is 5.32 Å². The minimum Gasteiger partial charge on any atom is -0.482 e. The molecule has 1 aliphatic heterocycles. The Morgan fingerprint density at radius 2 is 2.25 bits per heavy atom. The molecule has 1 aliphatic rings. The number of hydrogen-bond acceptors (Lipinski definition) is 4. The lowest BCUT2D eigenvalue weighted by atomic mass is 10.1. The molecule has 1 N–H and O–H groups in total. The van der Waals surface area contributed by atoms with Crippen molar-refractivity contribution in [2.45, 2.75) is 0 Å². The smallest absolute Gasteiger partial charge is 0.262 e. The molecule has 0 unspecified atom stereocenters. The first-order valence-corrected chi connectivity index (χ1v) is 6.93. The Labute approximate surface area is 119 Å². The highest BCUT2D eigenvalue weighted by molar-refractivity contribution is 7.10. The standard InChI is InChI=1S/C15H11NO3S/c17-13(5-4-11-2-1-7-20-11)10-3-6-14-12(8-10)16-15(18)9-19-14/h1-8H,9H2,(H,16,18). The highest BCUT2D eigenvalue weighted by Crippen LogP contribution is 2.28. The van der Waals surface area contributed by atoms with Crippen LogP contribution in [-0.2, 0) is 4.79 Å². The van der Waals surface area contributed by atoms with Crippen molar-refractivity contribution in [2.24, 2.45) is 0 Å². The van der Waals surface area contributed by atoms with Crippen molar-refractivity contribution in [3.05, 3.63) is 52.2 Å². The molecule has 0 fully saturated rings. The summed E-state index contributed by atoms with van der Waals surface area (Å²) in [5, 5.41) is 4.64. The van der Waals surface area contributed by atoms with Crippen LogP contribution in [0.3, 0.4) is 0 Å². The van der Waals surface area contributed by atoms with Crippen LogP contribution < -0.4 is 10.1 Å². The van der Waals surface area contributed by atoms with Crippen molar-refractivity contribution in [3.63, 3.8) is 0 Å². The van der Waals surface area contributed by atoms with Crippen molar-refractivity contribution >= 4 is 34.8 Å². The van der Waals surface area contributed by atoms with Crippen LogP contribution in [0.5, 0.6) is 5.75 Å². The van der Waals surface area contributed by atoms with Gasteiger partial charge in [-0.05, 0) is 41.8 Å². The number of ether oxygens (including phenoxy) is 1. The lowest BCUT2D eigenvalue weighted by Crippen LogP contribution is -2.25. The number of anilines is 1. The second kappa shape index (κ2) is 5.30. The van der Waals surface area contributed by atoms with Crippen molar-refractivity contribution in [2.75, 3.05) is 11.9 Å². The minimum atomic E-state index is -0.212. The number of hydrogen-bond donors (Lipinski definition) is 1. The highest BCUT2D eigenvalue weighted by atomic mass is 32.1. The quantitative estimate of drug-likeness (QED) is 0.696. The average molecular weight is 285 g/mol. The molecule has 0 saturated carbocycles. The monoisotopic (exact) mass is 285 g/mol. The van der Waals surface area contributed by atoms with E-state index >= 15 is 0 Å². The van der Waals surface area contributed by atoms with Gasteiger partial charge in [0.2, 0.25) is 0 Å². The van der Waals surface area contributed by atoms with E-state index in [0.29, 0.717) is 17.0 Å². The minimum absolute atomic E-state index is 0.0125. The zero-order chi connectivity index (χ0) is 13.9. The normalized spacial score (nSPS) is 13.7. The molecular weight excluding hydrogens is 274 g/mol. The van der Waals surface area contributed by atoms with Crippen molar-refractivity contribution in [1.82, 2.24) is 0 Å².